The molecule has 1 aliphatic heterocycles. The first-order valence-electron chi connectivity index (χ1n) is 8.43. The van der Waals surface area contributed by atoms with E-state index in [1.54, 1.807) is 4.90 Å². The van der Waals surface area contributed by atoms with E-state index in [9.17, 15) is 24.5 Å². The first kappa shape index (κ1) is 19.4. The number of hydrogen-bond donors (Lipinski definition) is 1. The van der Waals surface area contributed by atoms with Gasteiger partial charge in [0.2, 0.25) is 0 Å². The van der Waals surface area contributed by atoms with Gasteiger partial charge in [-0.05, 0) is 31.4 Å². The van der Waals surface area contributed by atoms with Crippen LogP contribution in [0.3, 0.4) is 0 Å². The van der Waals surface area contributed by atoms with Crippen molar-refractivity contribution >= 4 is 23.5 Å². The molecule has 1 saturated heterocycles. The molecule has 2 amide bonds. The number of piperidine rings is 1. The highest BCUT2D eigenvalue weighted by Crippen LogP contribution is 2.12. The summed E-state index contributed by atoms with van der Waals surface area (Å²) in [5.74, 6) is -1.22. The Kier molecular flexibility index (Phi) is 7.07. The molecule has 0 radical (unpaired) electrons. The van der Waals surface area contributed by atoms with Crippen molar-refractivity contribution in [3.63, 3.8) is 0 Å². The Morgan fingerprint density at radius 2 is 1.77 bits per heavy atom. The number of carbonyl (C=O) groups excluding carboxylic acids is 3. The molecule has 1 aromatic rings. The van der Waals surface area contributed by atoms with Crippen molar-refractivity contribution in [2.75, 3.05) is 26.2 Å². The molecule has 0 bridgehead atoms. The van der Waals surface area contributed by atoms with E-state index in [4.69, 9.17) is 4.74 Å². The highest BCUT2D eigenvalue weighted by atomic mass is 16.6. The van der Waals surface area contributed by atoms with E-state index in [1.807, 2.05) is 0 Å². The summed E-state index contributed by atoms with van der Waals surface area (Å²) in [6.07, 6.45) is 2.98. The van der Waals surface area contributed by atoms with Crippen LogP contribution < -0.4 is 5.32 Å². The van der Waals surface area contributed by atoms with Gasteiger partial charge in [0.25, 0.3) is 17.5 Å². The normalized spacial score (nSPS) is 13.8. The summed E-state index contributed by atoms with van der Waals surface area (Å²) in [4.78, 5) is 47.1. The first-order chi connectivity index (χ1) is 12.5. The van der Waals surface area contributed by atoms with Gasteiger partial charge in [-0.2, -0.15) is 0 Å². The fourth-order valence-corrected chi connectivity index (χ4v) is 2.56. The predicted octanol–water partition coefficient (Wildman–Crippen LogP) is 1.27. The van der Waals surface area contributed by atoms with E-state index in [-0.39, 0.29) is 36.7 Å². The second-order valence-electron chi connectivity index (χ2n) is 5.91. The fraction of sp³-hybridized carbons (Fsp3) is 0.471. The van der Waals surface area contributed by atoms with Crippen molar-refractivity contribution in [1.29, 1.82) is 0 Å². The lowest BCUT2D eigenvalue weighted by Crippen LogP contribution is -2.38. The molecule has 1 fully saturated rings. The average Bonchev–Trinajstić information content (AvgIpc) is 2.66. The van der Waals surface area contributed by atoms with E-state index >= 15 is 0 Å². The van der Waals surface area contributed by atoms with Gasteiger partial charge in [-0.1, -0.05) is 0 Å². The number of likely N-dealkylation sites (tertiary alicyclic amines) is 1. The lowest BCUT2D eigenvalue weighted by molar-refractivity contribution is -0.384. The molecule has 2 rings (SSSR count). The number of nitrogens with zero attached hydrogens (tertiary/aromatic N) is 2. The fourth-order valence-electron chi connectivity index (χ4n) is 2.56. The Morgan fingerprint density at radius 1 is 1.12 bits per heavy atom. The van der Waals surface area contributed by atoms with Gasteiger partial charge < -0.3 is 15.0 Å². The molecule has 0 aliphatic carbocycles. The molecule has 0 aromatic heterocycles. The number of carbonyl (C=O) groups is 3. The van der Waals surface area contributed by atoms with Crippen molar-refractivity contribution in [3.05, 3.63) is 39.9 Å². The van der Waals surface area contributed by atoms with Crippen molar-refractivity contribution in [1.82, 2.24) is 10.2 Å². The second-order valence-corrected chi connectivity index (χ2v) is 5.91. The van der Waals surface area contributed by atoms with Gasteiger partial charge in [-0.15, -0.1) is 0 Å². The molecule has 1 aromatic carbocycles. The number of benzene rings is 1. The molecular formula is C17H21N3O6. The molecule has 1 heterocycles. The smallest absolute Gasteiger partial charge is 0.308 e. The second kappa shape index (κ2) is 9.50. The minimum atomic E-state index is -0.570. The van der Waals surface area contributed by atoms with Crippen molar-refractivity contribution < 1.29 is 24.0 Å². The summed E-state index contributed by atoms with van der Waals surface area (Å²) in [7, 11) is 0. The molecule has 140 valence electrons. The highest BCUT2D eigenvalue weighted by molar-refractivity contribution is 5.94. The van der Waals surface area contributed by atoms with Crippen LogP contribution in [0.15, 0.2) is 24.3 Å². The molecule has 0 spiro atoms. The number of ether oxygens (including phenoxy) is 1. The van der Waals surface area contributed by atoms with Gasteiger partial charge in [0.05, 0.1) is 11.3 Å². The summed E-state index contributed by atoms with van der Waals surface area (Å²) >= 11 is 0. The zero-order chi connectivity index (χ0) is 18.9. The van der Waals surface area contributed by atoms with Crippen molar-refractivity contribution in [3.8, 4) is 0 Å². The third-order valence-electron chi connectivity index (χ3n) is 4.02. The lowest BCUT2D eigenvalue weighted by Gasteiger charge is -2.26. The molecule has 0 atom stereocenters. The number of nitro groups is 1. The van der Waals surface area contributed by atoms with E-state index in [2.05, 4.69) is 5.32 Å². The van der Waals surface area contributed by atoms with Gasteiger partial charge in [0.1, 0.15) is 0 Å². The SMILES string of the molecule is O=C(CCNC(=O)c1ccc([N+](=O)[O-])cc1)OCC(=O)N1CCCCC1. The topological polar surface area (TPSA) is 119 Å². The molecule has 1 N–H and O–H groups in total. The predicted molar refractivity (Wildman–Crippen MR) is 91.4 cm³/mol. The van der Waals surface area contributed by atoms with Crippen LogP contribution in [-0.4, -0.2) is 53.8 Å². The highest BCUT2D eigenvalue weighted by Gasteiger charge is 2.18. The zero-order valence-corrected chi connectivity index (χ0v) is 14.3. The largest absolute Gasteiger partial charge is 0.456 e. The van der Waals surface area contributed by atoms with Gasteiger partial charge in [0, 0.05) is 37.3 Å². The summed E-state index contributed by atoms with van der Waals surface area (Å²) < 4.78 is 4.93. The van der Waals surface area contributed by atoms with E-state index in [0.717, 1.165) is 19.3 Å². The summed E-state index contributed by atoms with van der Waals surface area (Å²) in [6.45, 7) is 1.16. The van der Waals surface area contributed by atoms with Crippen LogP contribution in [0.25, 0.3) is 0 Å². The van der Waals surface area contributed by atoms with E-state index < -0.39 is 16.8 Å². The first-order valence-corrected chi connectivity index (χ1v) is 8.43. The zero-order valence-electron chi connectivity index (χ0n) is 14.3. The van der Waals surface area contributed by atoms with Gasteiger partial charge in [-0.3, -0.25) is 24.5 Å². The molecule has 9 heteroatoms. The van der Waals surface area contributed by atoms with Gasteiger partial charge >= 0.3 is 5.97 Å². The molecule has 0 saturated carbocycles. The van der Waals surface area contributed by atoms with E-state index in [1.165, 1.54) is 24.3 Å². The maximum absolute atomic E-state index is 11.9. The van der Waals surface area contributed by atoms with Gasteiger partial charge in [-0.25, -0.2) is 0 Å². The standard InChI is InChI=1S/C17H21N3O6/c21-15(19-10-2-1-3-11-19)12-26-16(22)8-9-18-17(23)13-4-6-14(7-5-13)20(24)25/h4-7H,1-3,8-12H2,(H,18,23). The number of rotatable bonds is 7. The maximum Gasteiger partial charge on any atom is 0.308 e. The van der Waals surface area contributed by atoms with Crippen molar-refractivity contribution in [2.24, 2.45) is 0 Å². The maximum atomic E-state index is 11.9. The molecule has 26 heavy (non-hydrogen) atoms. The van der Waals surface area contributed by atoms with Crippen LogP contribution in [0, 0.1) is 10.1 Å². The van der Waals surface area contributed by atoms with Crippen LogP contribution in [0.5, 0.6) is 0 Å². The summed E-state index contributed by atoms with van der Waals surface area (Å²) in [5.41, 5.74) is 0.146. The number of hydrogen-bond acceptors (Lipinski definition) is 6. The van der Waals surface area contributed by atoms with Crippen LogP contribution in [0.2, 0.25) is 0 Å². The molecule has 9 nitrogen and oxygen atoms in total. The third-order valence-corrected chi connectivity index (χ3v) is 4.02. The molecule has 0 unspecified atom stereocenters. The van der Waals surface area contributed by atoms with Crippen molar-refractivity contribution in [2.45, 2.75) is 25.7 Å². The Balaban J connectivity index is 1.66. The number of non-ortho nitro benzene ring substituents is 1. The molecular weight excluding hydrogens is 342 g/mol. The quantitative estimate of drug-likeness (QED) is 0.443. The van der Waals surface area contributed by atoms with Gasteiger partial charge in [0.15, 0.2) is 6.61 Å². The number of nitrogens with one attached hydrogen (secondary N) is 1. The van der Waals surface area contributed by atoms with Crippen LogP contribution in [-0.2, 0) is 14.3 Å². The minimum Gasteiger partial charge on any atom is -0.456 e. The number of amides is 2. The van der Waals surface area contributed by atoms with E-state index in [0.29, 0.717) is 13.1 Å². The Hall–Kier alpha value is -2.97. The van der Waals surface area contributed by atoms with Crippen LogP contribution >= 0.6 is 0 Å². The Morgan fingerprint density at radius 3 is 2.38 bits per heavy atom. The monoisotopic (exact) mass is 363 g/mol. The Labute approximate surface area is 150 Å². The Bertz CT molecular complexity index is 668. The van der Waals surface area contributed by atoms with Crippen LogP contribution in [0.1, 0.15) is 36.0 Å². The number of nitro benzene ring substituents is 1. The summed E-state index contributed by atoms with van der Waals surface area (Å²) in [5, 5.41) is 13.1. The minimum absolute atomic E-state index is 0.0482. The molecule has 1 aliphatic rings. The summed E-state index contributed by atoms with van der Waals surface area (Å²) in [6, 6.07) is 5.14. The third kappa shape index (κ3) is 5.83. The number of esters is 1. The van der Waals surface area contributed by atoms with Crippen LogP contribution in [0.4, 0.5) is 5.69 Å². The lowest BCUT2D eigenvalue weighted by atomic mass is 10.1. The average molecular weight is 363 g/mol.